The van der Waals surface area contributed by atoms with Gasteiger partial charge in [0.2, 0.25) is 0 Å². The number of aromatic hydroxyl groups is 1. The second-order valence-corrected chi connectivity index (χ2v) is 5.07. The molecule has 2 rings (SSSR count). The first kappa shape index (κ1) is 16.6. The van der Waals surface area contributed by atoms with Crippen molar-refractivity contribution in [2.75, 3.05) is 13.2 Å². The lowest BCUT2D eigenvalue weighted by Crippen LogP contribution is -2.10. The van der Waals surface area contributed by atoms with Crippen molar-refractivity contribution in [3.05, 3.63) is 72.3 Å². The molecule has 0 aromatic heterocycles. The summed E-state index contributed by atoms with van der Waals surface area (Å²) in [6, 6.07) is 15.2. The summed E-state index contributed by atoms with van der Waals surface area (Å²) in [5.74, 6) is 0.311. The van der Waals surface area contributed by atoms with E-state index in [1.807, 2.05) is 43.3 Å². The predicted molar refractivity (Wildman–Crippen MR) is 88.7 cm³/mol. The Morgan fingerprint density at radius 2 is 1.96 bits per heavy atom. The number of hydrogen-bond acceptors (Lipinski definition) is 4. The highest BCUT2D eigenvalue weighted by atomic mass is 16.6. The predicted octanol–water partition coefficient (Wildman–Crippen LogP) is 3.65. The van der Waals surface area contributed by atoms with Gasteiger partial charge in [-0.05, 0) is 11.6 Å². The van der Waals surface area contributed by atoms with Crippen molar-refractivity contribution >= 4 is 5.97 Å². The minimum atomic E-state index is -0.483. The van der Waals surface area contributed by atoms with E-state index in [9.17, 15) is 9.90 Å². The number of phenolic OH excluding ortho intramolecular Hbond substituents is 1. The molecule has 0 aliphatic heterocycles. The number of ether oxygens (including phenoxy) is 2. The minimum absolute atomic E-state index is 0.0822. The Morgan fingerprint density at radius 3 is 2.61 bits per heavy atom. The largest absolute Gasteiger partial charge is 0.508 e. The van der Waals surface area contributed by atoms with Gasteiger partial charge in [-0.25, -0.2) is 4.79 Å². The molecule has 2 aromatic rings. The van der Waals surface area contributed by atoms with Gasteiger partial charge in [-0.15, -0.1) is 0 Å². The molecule has 0 bridgehead atoms. The lowest BCUT2D eigenvalue weighted by Gasteiger charge is -2.15. The van der Waals surface area contributed by atoms with Gasteiger partial charge in [0.25, 0.3) is 0 Å². The fraction of sp³-hybridized carbons (Fsp3) is 0.211. The van der Waals surface area contributed by atoms with Crippen LogP contribution >= 0.6 is 0 Å². The van der Waals surface area contributed by atoms with Crippen LogP contribution in [0.1, 0.15) is 24.0 Å². The summed E-state index contributed by atoms with van der Waals surface area (Å²) in [5, 5.41) is 10.2. The highest BCUT2D eigenvalue weighted by Gasteiger charge is 2.13. The number of carbonyl (C=O) groups is 1. The quantitative estimate of drug-likeness (QED) is 0.482. The number of hydrogen-bond donors (Lipinski definition) is 1. The molecule has 1 atom stereocenters. The molecule has 0 saturated carbocycles. The van der Waals surface area contributed by atoms with Crippen molar-refractivity contribution in [2.24, 2.45) is 0 Å². The number of benzene rings is 2. The molecule has 0 radical (unpaired) electrons. The van der Waals surface area contributed by atoms with Gasteiger partial charge in [0, 0.05) is 23.6 Å². The van der Waals surface area contributed by atoms with Gasteiger partial charge in [-0.2, -0.15) is 0 Å². The Labute approximate surface area is 136 Å². The molecule has 0 saturated heterocycles. The SMILES string of the molecule is C=CC(=O)OCCOc1ccc(C(C)c2ccccc2)c(O)c1. The first-order chi connectivity index (χ1) is 11.1. The number of rotatable bonds is 7. The van der Waals surface area contributed by atoms with Crippen molar-refractivity contribution in [3.8, 4) is 11.5 Å². The number of phenols is 1. The van der Waals surface area contributed by atoms with Crippen molar-refractivity contribution < 1.29 is 19.4 Å². The Kier molecular flexibility index (Phi) is 5.80. The summed E-state index contributed by atoms with van der Waals surface area (Å²) >= 11 is 0. The Bertz CT molecular complexity index is 664. The highest BCUT2D eigenvalue weighted by Crippen LogP contribution is 2.33. The summed E-state index contributed by atoms with van der Waals surface area (Å²) in [4.78, 5) is 10.9. The maximum Gasteiger partial charge on any atom is 0.330 e. The minimum Gasteiger partial charge on any atom is -0.508 e. The molecule has 4 nitrogen and oxygen atoms in total. The van der Waals surface area contributed by atoms with E-state index in [0.29, 0.717) is 5.75 Å². The highest BCUT2D eigenvalue weighted by molar-refractivity contribution is 5.81. The molecule has 0 aliphatic carbocycles. The molecule has 120 valence electrons. The van der Waals surface area contributed by atoms with Crippen molar-refractivity contribution in [1.82, 2.24) is 0 Å². The Balaban J connectivity index is 1.98. The van der Waals surface area contributed by atoms with Crippen LogP contribution in [0.25, 0.3) is 0 Å². The fourth-order valence-electron chi connectivity index (χ4n) is 2.26. The van der Waals surface area contributed by atoms with Gasteiger partial charge in [-0.3, -0.25) is 0 Å². The first-order valence-electron chi connectivity index (χ1n) is 7.41. The van der Waals surface area contributed by atoms with E-state index in [0.717, 1.165) is 17.2 Å². The van der Waals surface area contributed by atoms with E-state index < -0.39 is 5.97 Å². The first-order valence-corrected chi connectivity index (χ1v) is 7.41. The van der Waals surface area contributed by atoms with Crippen LogP contribution in [0.15, 0.2) is 61.2 Å². The zero-order valence-corrected chi connectivity index (χ0v) is 13.1. The molecule has 2 aromatic carbocycles. The molecular formula is C19H20O4. The van der Waals surface area contributed by atoms with Crippen LogP contribution in [-0.4, -0.2) is 24.3 Å². The molecular weight excluding hydrogens is 292 g/mol. The van der Waals surface area contributed by atoms with E-state index in [1.165, 1.54) is 0 Å². The van der Waals surface area contributed by atoms with Gasteiger partial charge in [0.1, 0.15) is 24.7 Å². The van der Waals surface area contributed by atoms with Crippen LogP contribution in [0.4, 0.5) is 0 Å². The molecule has 0 spiro atoms. The molecule has 23 heavy (non-hydrogen) atoms. The number of carbonyl (C=O) groups excluding carboxylic acids is 1. The topological polar surface area (TPSA) is 55.8 Å². The van der Waals surface area contributed by atoms with E-state index in [4.69, 9.17) is 9.47 Å². The zero-order chi connectivity index (χ0) is 16.7. The lowest BCUT2D eigenvalue weighted by atomic mass is 9.92. The van der Waals surface area contributed by atoms with Crippen LogP contribution in [-0.2, 0) is 9.53 Å². The van der Waals surface area contributed by atoms with Gasteiger partial charge in [-0.1, -0.05) is 49.9 Å². The zero-order valence-electron chi connectivity index (χ0n) is 13.1. The second-order valence-electron chi connectivity index (χ2n) is 5.07. The van der Waals surface area contributed by atoms with Gasteiger partial charge < -0.3 is 14.6 Å². The van der Waals surface area contributed by atoms with Crippen molar-refractivity contribution in [1.29, 1.82) is 0 Å². The van der Waals surface area contributed by atoms with E-state index >= 15 is 0 Å². The summed E-state index contributed by atoms with van der Waals surface area (Å²) in [6.45, 7) is 5.70. The van der Waals surface area contributed by atoms with Gasteiger partial charge >= 0.3 is 5.97 Å². The van der Waals surface area contributed by atoms with Gasteiger partial charge in [0.15, 0.2) is 0 Å². The van der Waals surface area contributed by atoms with Crippen LogP contribution in [0.5, 0.6) is 11.5 Å². The standard InChI is InChI=1S/C19H20O4/c1-3-19(21)23-12-11-22-16-9-10-17(18(20)13-16)14(2)15-7-5-4-6-8-15/h3-10,13-14,20H,1,11-12H2,2H3. The van der Waals surface area contributed by atoms with Crippen LogP contribution in [0, 0.1) is 0 Å². The normalized spacial score (nSPS) is 11.5. The maximum atomic E-state index is 10.9. The molecule has 1 N–H and O–H groups in total. The monoisotopic (exact) mass is 312 g/mol. The molecule has 0 amide bonds. The molecule has 0 aliphatic rings. The van der Waals surface area contributed by atoms with Crippen LogP contribution in [0.2, 0.25) is 0 Å². The number of esters is 1. The smallest absolute Gasteiger partial charge is 0.330 e. The maximum absolute atomic E-state index is 10.9. The van der Waals surface area contributed by atoms with Crippen molar-refractivity contribution in [2.45, 2.75) is 12.8 Å². The summed E-state index contributed by atoms with van der Waals surface area (Å²) in [7, 11) is 0. The van der Waals surface area contributed by atoms with Crippen molar-refractivity contribution in [3.63, 3.8) is 0 Å². The third kappa shape index (κ3) is 4.61. The van der Waals surface area contributed by atoms with Gasteiger partial charge in [0.05, 0.1) is 0 Å². The summed E-state index contributed by atoms with van der Waals surface area (Å²) < 4.78 is 10.3. The van der Waals surface area contributed by atoms with E-state index in [2.05, 4.69) is 6.58 Å². The van der Waals surface area contributed by atoms with E-state index in [1.54, 1.807) is 12.1 Å². The third-order valence-corrected chi connectivity index (χ3v) is 3.53. The molecule has 1 unspecified atom stereocenters. The van der Waals surface area contributed by atoms with Crippen LogP contribution < -0.4 is 4.74 Å². The van der Waals surface area contributed by atoms with E-state index in [-0.39, 0.29) is 24.9 Å². The average Bonchev–Trinajstić information content (AvgIpc) is 2.58. The molecule has 0 heterocycles. The second kappa shape index (κ2) is 8.03. The fourth-order valence-corrected chi connectivity index (χ4v) is 2.26. The average molecular weight is 312 g/mol. The Hall–Kier alpha value is -2.75. The summed E-state index contributed by atoms with van der Waals surface area (Å²) in [5.41, 5.74) is 1.97. The molecule has 0 fully saturated rings. The lowest BCUT2D eigenvalue weighted by molar-refractivity contribution is -0.138. The third-order valence-electron chi connectivity index (χ3n) is 3.53. The Morgan fingerprint density at radius 1 is 1.22 bits per heavy atom. The summed E-state index contributed by atoms with van der Waals surface area (Å²) in [6.07, 6.45) is 1.10. The molecule has 4 heteroatoms. The van der Waals surface area contributed by atoms with Crippen LogP contribution in [0.3, 0.4) is 0 Å².